The molecule has 4 nitrogen and oxygen atoms in total. The van der Waals surface area contributed by atoms with Gasteiger partial charge in [0.2, 0.25) is 0 Å². The zero-order valence-electron chi connectivity index (χ0n) is 30.9. The molecule has 0 aromatic rings. The topological polar surface area (TPSA) is 63.6 Å². The van der Waals surface area contributed by atoms with Crippen LogP contribution in [0, 0.1) is 0 Å². The molecule has 1 N–H and O–H groups in total. The van der Waals surface area contributed by atoms with Crippen LogP contribution in [0.15, 0.2) is 24.3 Å². The van der Waals surface area contributed by atoms with Crippen LogP contribution < -0.4 is 0 Å². The first-order chi connectivity index (χ1) is 22.6. The van der Waals surface area contributed by atoms with Crippen molar-refractivity contribution in [1.29, 1.82) is 0 Å². The van der Waals surface area contributed by atoms with Crippen LogP contribution in [0.2, 0.25) is 0 Å². The second-order valence-corrected chi connectivity index (χ2v) is 13.8. The molecule has 0 aromatic carbocycles. The highest BCUT2D eigenvalue weighted by Crippen LogP contribution is 2.19. The van der Waals surface area contributed by atoms with Crippen molar-refractivity contribution in [1.82, 2.24) is 0 Å². The molecule has 1 unspecified atom stereocenters. The Morgan fingerprint density at radius 3 is 1.33 bits per heavy atom. The number of aliphatic carboxylic acids is 1. The van der Waals surface area contributed by atoms with Crippen molar-refractivity contribution in [2.24, 2.45) is 0 Å². The van der Waals surface area contributed by atoms with Gasteiger partial charge in [0.25, 0.3) is 0 Å². The molecular weight excluding hydrogens is 568 g/mol. The number of carbonyl (C=O) groups is 2. The molecular formula is C42H78O4. The Balaban J connectivity index is 4.09. The van der Waals surface area contributed by atoms with Crippen molar-refractivity contribution in [3.63, 3.8) is 0 Å². The maximum atomic E-state index is 12.7. The van der Waals surface area contributed by atoms with E-state index in [1.165, 1.54) is 141 Å². The summed E-state index contributed by atoms with van der Waals surface area (Å²) in [5, 5.41) is 8.75. The number of unbranched alkanes of at least 4 members (excludes halogenated alkanes) is 24. The van der Waals surface area contributed by atoms with Gasteiger partial charge in [-0.1, -0.05) is 167 Å². The Hall–Kier alpha value is -1.58. The van der Waals surface area contributed by atoms with Crippen molar-refractivity contribution in [2.75, 3.05) is 0 Å². The van der Waals surface area contributed by atoms with E-state index >= 15 is 0 Å². The molecule has 0 heterocycles. The molecule has 0 radical (unpaired) electrons. The fraction of sp³-hybridized carbons (Fsp3) is 0.857. The van der Waals surface area contributed by atoms with Crippen LogP contribution in [-0.4, -0.2) is 23.1 Å². The van der Waals surface area contributed by atoms with Crippen LogP contribution in [-0.2, 0) is 14.3 Å². The molecule has 0 aliphatic rings. The maximum absolute atomic E-state index is 12.7. The van der Waals surface area contributed by atoms with Crippen molar-refractivity contribution in [2.45, 2.75) is 232 Å². The molecule has 0 fully saturated rings. The summed E-state index contributed by atoms with van der Waals surface area (Å²) in [5.74, 6) is -0.664. The summed E-state index contributed by atoms with van der Waals surface area (Å²) in [6.07, 6.45) is 47.7. The van der Waals surface area contributed by atoms with E-state index in [4.69, 9.17) is 9.84 Å². The number of ether oxygens (including phenoxy) is 1. The summed E-state index contributed by atoms with van der Waals surface area (Å²) in [7, 11) is 0. The summed E-state index contributed by atoms with van der Waals surface area (Å²) < 4.78 is 6.04. The highest BCUT2D eigenvalue weighted by atomic mass is 16.5. The second kappa shape index (κ2) is 37.9. The van der Waals surface area contributed by atoms with E-state index in [0.29, 0.717) is 12.8 Å². The van der Waals surface area contributed by atoms with E-state index in [1.807, 2.05) is 0 Å². The zero-order chi connectivity index (χ0) is 33.6. The first-order valence-electron chi connectivity index (χ1n) is 20.3. The minimum absolute atomic E-state index is 0.0177. The first kappa shape index (κ1) is 44.4. The van der Waals surface area contributed by atoms with Gasteiger partial charge in [0.05, 0.1) is 0 Å². The molecule has 0 rings (SSSR count). The van der Waals surface area contributed by atoms with Crippen molar-refractivity contribution >= 4 is 11.9 Å². The minimum Gasteiger partial charge on any atom is -0.481 e. The predicted molar refractivity (Wildman–Crippen MR) is 200 cm³/mol. The molecule has 270 valence electrons. The first-order valence-corrected chi connectivity index (χ1v) is 20.3. The molecule has 46 heavy (non-hydrogen) atoms. The Bertz CT molecular complexity index is 698. The van der Waals surface area contributed by atoms with E-state index in [9.17, 15) is 9.59 Å². The number of carboxylic acids is 1. The highest BCUT2D eigenvalue weighted by molar-refractivity contribution is 5.69. The van der Waals surface area contributed by atoms with Gasteiger partial charge >= 0.3 is 11.9 Å². The van der Waals surface area contributed by atoms with Crippen molar-refractivity contribution < 1.29 is 19.4 Å². The average molecular weight is 647 g/mol. The van der Waals surface area contributed by atoms with E-state index in [0.717, 1.165) is 57.8 Å². The lowest BCUT2D eigenvalue weighted by Gasteiger charge is -2.18. The zero-order valence-corrected chi connectivity index (χ0v) is 30.9. The average Bonchev–Trinajstić information content (AvgIpc) is 3.04. The van der Waals surface area contributed by atoms with E-state index < -0.39 is 5.97 Å². The van der Waals surface area contributed by atoms with Gasteiger partial charge in [0.1, 0.15) is 6.10 Å². The predicted octanol–water partition coefficient (Wildman–Crippen LogP) is 14.0. The van der Waals surface area contributed by atoms with Crippen LogP contribution in [0.25, 0.3) is 0 Å². The second-order valence-electron chi connectivity index (χ2n) is 13.8. The standard InChI is InChI=1S/C42H78O4/c1-3-5-7-9-11-13-15-16-17-18-19-21-27-31-35-39-42(45)46-40(36-32-28-24-20-14-12-10-8-6-4-2)37-33-29-25-22-23-26-30-34-38-41(43)44/h11,13,16-17,40H,3-10,12,14-15,18-39H2,1-2H3,(H,43,44)/b13-11-,17-16-. The molecule has 0 bridgehead atoms. The lowest BCUT2D eigenvalue weighted by Crippen LogP contribution is -2.18. The third-order valence-electron chi connectivity index (χ3n) is 9.18. The lowest BCUT2D eigenvalue weighted by atomic mass is 10.0. The van der Waals surface area contributed by atoms with Crippen molar-refractivity contribution in [3.05, 3.63) is 24.3 Å². The molecule has 0 aliphatic carbocycles. The minimum atomic E-state index is -0.681. The third-order valence-corrected chi connectivity index (χ3v) is 9.18. The number of carboxylic acid groups (broad SMARTS) is 1. The largest absolute Gasteiger partial charge is 0.481 e. The Morgan fingerprint density at radius 2 is 0.848 bits per heavy atom. The number of hydrogen-bond donors (Lipinski definition) is 1. The number of rotatable bonds is 37. The Morgan fingerprint density at radius 1 is 0.478 bits per heavy atom. The normalized spacial score (nSPS) is 12.4. The van der Waals surface area contributed by atoms with Crippen LogP contribution in [0.5, 0.6) is 0 Å². The molecule has 0 aliphatic heterocycles. The molecule has 1 atom stereocenters. The number of esters is 1. The molecule has 0 saturated heterocycles. The number of allylic oxidation sites excluding steroid dienone is 4. The molecule has 0 saturated carbocycles. The van der Waals surface area contributed by atoms with Gasteiger partial charge in [-0.15, -0.1) is 0 Å². The summed E-state index contributed by atoms with van der Waals surface area (Å²) in [6.45, 7) is 4.53. The summed E-state index contributed by atoms with van der Waals surface area (Å²) in [5.41, 5.74) is 0. The van der Waals surface area contributed by atoms with Crippen LogP contribution >= 0.6 is 0 Å². The third kappa shape index (κ3) is 36.9. The Labute approximate surface area is 287 Å². The molecule has 0 spiro atoms. The van der Waals surface area contributed by atoms with Gasteiger partial charge in [-0.25, -0.2) is 0 Å². The van der Waals surface area contributed by atoms with Gasteiger partial charge in [-0.3, -0.25) is 9.59 Å². The lowest BCUT2D eigenvalue weighted by molar-refractivity contribution is -0.150. The Kier molecular flexibility index (Phi) is 36.6. The SMILES string of the molecule is CCCCC/C=C\C/C=C\CCCCCCCC(=O)OC(CCCCCCCCCCCC)CCCCCCCCCCC(=O)O. The summed E-state index contributed by atoms with van der Waals surface area (Å²) in [4.78, 5) is 23.3. The van der Waals surface area contributed by atoms with E-state index in [2.05, 4.69) is 38.2 Å². The number of carbonyl (C=O) groups excluding carboxylic acids is 1. The monoisotopic (exact) mass is 647 g/mol. The maximum Gasteiger partial charge on any atom is 0.306 e. The summed E-state index contributed by atoms with van der Waals surface area (Å²) in [6, 6.07) is 0. The van der Waals surface area contributed by atoms with Crippen LogP contribution in [0.3, 0.4) is 0 Å². The number of hydrogen-bond acceptors (Lipinski definition) is 3. The molecule has 0 amide bonds. The van der Waals surface area contributed by atoms with E-state index in [-0.39, 0.29) is 12.1 Å². The fourth-order valence-electron chi connectivity index (χ4n) is 6.16. The van der Waals surface area contributed by atoms with Crippen LogP contribution in [0.1, 0.15) is 226 Å². The van der Waals surface area contributed by atoms with Gasteiger partial charge in [-0.2, -0.15) is 0 Å². The van der Waals surface area contributed by atoms with Crippen molar-refractivity contribution in [3.8, 4) is 0 Å². The highest BCUT2D eigenvalue weighted by Gasteiger charge is 2.14. The quantitative estimate of drug-likeness (QED) is 0.0414. The van der Waals surface area contributed by atoms with Gasteiger partial charge in [-0.05, 0) is 70.6 Å². The molecule has 0 aromatic heterocycles. The van der Waals surface area contributed by atoms with Gasteiger partial charge in [0, 0.05) is 12.8 Å². The smallest absolute Gasteiger partial charge is 0.306 e. The van der Waals surface area contributed by atoms with E-state index in [1.54, 1.807) is 0 Å². The van der Waals surface area contributed by atoms with Gasteiger partial charge < -0.3 is 9.84 Å². The van der Waals surface area contributed by atoms with Gasteiger partial charge in [0.15, 0.2) is 0 Å². The van der Waals surface area contributed by atoms with Crippen LogP contribution in [0.4, 0.5) is 0 Å². The fourth-order valence-corrected chi connectivity index (χ4v) is 6.16. The summed E-state index contributed by atoms with van der Waals surface area (Å²) >= 11 is 0. The molecule has 4 heteroatoms.